The number of nitrogens with zero attached hydrogens (tertiary/aromatic N) is 3. The topological polar surface area (TPSA) is 105 Å². The fourth-order valence-electron chi connectivity index (χ4n) is 3.56. The molecule has 0 aromatic carbocycles. The first-order valence-electron chi connectivity index (χ1n) is 8.29. The molecule has 8 heteroatoms. The first-order chi connectivity index (χ1) is 11.5. The Morgan fingerprint density at radius 3 is 2.71 bits per heavy atom. The summed E-state index contributed by atoms with van der Waals surface area (Å²) in [6.07, 6.45) is 6.33. The number of aryl methyl sites for hydroxylation is 1. The second kappa shape index (κ2) is 6.62. The summed E-state index contributed by atoms with van der Waals surface area (Å²) in [5.41, 5.74) is 0.725. The Morgan fingerprint density at radius 2 is 2.04 bits per heavy atom. The highest BCUT2D eigenvalue weighted by molar-refractivity contribution is 6.01. The third-order valence-electron chi connectivity index (χ3n) is 4.92. The van der Waals surface area contributed by atoms with Crippen LogP contribution in [0, 0.1) is 11.8 Å². The molecule has 0 bridgehead atoms. The minimum atomic E-state index is -0.841. The van der Waals surface area contributed by atoms with E-state index in [9.17, 15) is 14.4 Å². The standard InChI is InChI=1S/C16H22N4O4/c1-19-9-12(8-17-19)20-6-5-13(15(20)22)18-14(21)10-3-2-4-11(7-10)16(23)24/h8-11,13H,2-7H2,1H3,(H,18,21)(H,23,24). The predicted octanol–water partition coefficient (Wildman–Crippen LogP) is 0.533. The van der Waals surface area contributed by atoms with Gasteiger partial charge in [-0.15, -0.1) is 0 Å². The quantitative estimate of drug-likeness (QED) is 0.836. The van der Waals surface area contributed by atoms with Gasteiger partial charge in [-0.05, 0) is 25.7 Å². The second-order valence-corrected chi connectivity index (χ2v) is 6.61. The molecule has 1 saturated heterocycles. The smallest absolute Gasteiger partial charge is 0.306 e. The molecule has 2 amide bonds. The zero-order valence-electron chi connectivity index (χ0n) is 13.6. The van der Waals surface area contributed by atoms with Crippen LogP contribution in [0.25, 0.3) is 0 Å². The minimum Gasteiger partial charge on any atom is -0.481 e. The molecule has 0 spiro atoms. The number of carbonyl (C=O) groups excluding carboxylic acids is 2. The van der Waals surface area contributed by atoms with Crippen LogP contribution in [-0.2, 0) is 21.4 Å². The largest absolute Gasteiger partial charge is 0.481 e. The van der Waals surface area contributed by atoms with E-state index < -0.39 is 17.9 Å². The van der Waals surface area contributed by atoms with E-state index >= 15 is 0 Å². The molecule has 1 saturated carbocycles. The molecule has 3 unspecified atom stereocenters. The van der Waals surface area contributed by atoms with Crippen molar-refractivity contribution in [1.82, 2.24) is 15.1 Å². The molecule has 24 heavy (non-hydrogen) atoms. The summed E-state index contributed by atoms with van der Waals surface area (Å²) < 4.78 is 1.63. The van der Waals surface area contributed by atoms with Gasteiger partial charge < -0.3 is 15.3 Å². The fraction of sp³-hybridized carbons (Fsp3) is 0.625. The van der Waals surface area contributed by atoms with Gasteiger partial charge in [0.15, 0.2) is 0 Å². The van der Waals surface area contributed by atoms with Crippen molar-refractivity contribution in [2.24, 2.45) is 18.9 Å². The van der Waals surface area contributed by atoms with Gasteiger partial charge in [0.05, 0.1) is 17.8 Å². The van der Waals surface area contributed by atoms with Crippen molar-refractivity contribution in [2.45, 2.75) is 38.1 Å². The lowest BCUT2D eigenvalue weighted by Crippen LogP contribution is -2.45. The van der Waals surface area contributed by atoms with Crippen molar-refractivity contribution in [1.29, 1.82) is 0 Å². The van der Waals surface area contributed by atoms with Crippen molar-refractivity contribution in [3.8, 4) is 0 Å². The van der Waals surface area contributed by atoms with Crippen molar-refractivity contribution in [3.05, 3.63) is 12.4 Å². The molecule has 2 aliphatic rings. The summed E-state index contributed by atoms with van der Waals surface area (Å²) in [6, 6.07) is -0.539. The number of hydrogen-bond acceptors (Lipinski definition) is 4. The Labute approximate surface area is 139 Å². The van der Waals surface area contributed by atoms with E-state index in [0.29, 0.717) is 32.2 Å². The molecule has 1 aliphatic carbocycles. The van der Waals surface area contributed by atoms with Gasteiger partial charge in [0, 0.05) is 25.7 Å². The molecule has 1 aliphatic heterocycles. The summed E-state index contributed by atoms with van der Waals surface area (Å²) in [5.74, 6) is -1.96. The molecule has 3 atom stereocenters. The molecule has 2 N–H and O–H groups in total. The summed E-state index contributed by atoms with van der Waals surface area (Å²) in [4.78, 5) is 37.7. The molecule has 2 fully saturated rings. The summed E-state index contributed by atoms with van der Waals surface area (Å²) in [5, 5.41) is 16.0. The SMILES string of the molecule is Cn1cc(N2CCC(NC(=O)C3CCCC(C(=O)O)C3)C2=O)cn1. The van der Waals surface area contributed by atoms with Crippen LogP contribution >= 0.6 is 0 Å². The summed E-state index contributed by atoms with van der Waals surface area (Å²) in [6.45, 7) is 0.540. The number of amides is 2. The average molecular weight is 334 g/mol. The number of carbonyl (C=O) groups is 3. The Hall–Kier alpha value is -2.38. The van der Waals surface area contributed by atoms with Gasteiger partial charge in [-0.25, -0.2) is 0 Å². The van der Waals surface area contributed by atoms with Gasteiger partial charge >= 0.3 is 5.97 Å². The predicted molar refractivity (Wildman–Crippen MR) is 85.2 cm³/mol. The first kappa shape index (κ1) is 16.5. The number of carboxylic acids is 1. The Bertz CT molecular complexity index is 656. The van der Waals surface area contributed by atoms with Crippen molar-refractivity contribution in [2.75, 3.05) is 11.4 Å². The lowest BCUT2D eigenvalue weighted by atomic mass is 9.81. The van der Waals surface area contributed by atoms with Crippen molar-refractivity contribution < 1.29 is 19.5 Å². The number of hydrogen-bond donors (Lipinski definition) is 2. The molecule has 3 rings (SSSR count). The van der Waals surface area contributed by atoms with Gasteiger partial charge in [-0.1, -0.05) is 6.42 Å². The second-order valence-electron chi connectivity index (χ2n) is 6.61. The van der Waals surface area contributed by atoms with Crippen LogP contribution in [0.15, 0.2) is 12.4 Å². The van der Waals surface area contributed by atoms with E-state index in [1.165, 1.54) is 0 Å². The minimum absolute atomic E-state index is 0.137. The van der Waals surface area contributed by atoms with Gasteiger partial charge in [0.2, 0.25) is 11.8 Å². The Balaban J connectivity index is 1.59. The average Bonchev–Trinajstić information content (AvgIpc) is 3.14. The van der Waals surface area contributed by atoms with E-state index in [4.69, 9.17) is 5.11 Å². The van der Waals surface area contributed by atoms with E-state index in [2.05, 4.69) is 10.4 Å². The van der Waals surface area contributed by atoms with Crippen LogP contribution in [0.3, 0.4) is 0 Å². The molecule has 130 valence electrons. The molecule has 0 radical (unpaired) electrons. The maximum Gasteiger partial charge on any atom is 0.306 e. The lowest BCUT2D eigenvalue weighted by molar-refractivity contribution is -0.144. The zero-order valence-corrected chi connectivity index (χ0v) is 13.6. The van der Waals surface area contributed by atoms with Gasteiger partial charge in [-0.3, -0.25) is 19.1 Å². The Morgan fingerprint density at radius 1 is 1.29 bits per heavy atom. The number of carboxylic acid groups (broad SMARTS) is 1. The number of anilines is 1. The van der Waals surface area contributed by atoms with Crippen molar-refractivity contribution in [3.63, 3.8) is 0 Å². The Kier molecular flexibility index (Phi) is 4.55. The van der Waals surface area contributed by atoms with Gasteiger partial charge in [0.1, 0.15) is 6.04 Å². The monoisotopic (exact) mass is 334 g/mol. The van der Waals surface area contributed by atoms with Gasteiger partial charge in [0.25, 0.3) is 0 Å². The number of aromatic nitrogens is 2. The maximum absolute atomic E-state index is 12.5. The summed E-state index contributed by atoms with van der Waals surface area (Å²) >= 11 is 0. The normalized spacial score (nSPS) is 27.3. The van der Waals surface area contributed by atoms with Crippen LogP contribution in [-0.4, -0.2) is 45.3 Å². The van der Waals surface area contributed by atoms with Crippen LogP contribution in [0.1, 0.15) is 32.1 Å². The molecule has 2 heterocycles. The van der Waals surface area contributed by atoms with Crippen LogP contribution in [0.5, 0.6) is 0 Å². The fourth-order valence-corrected chi connectivity index (χ4v) is 3.56. The highest BCUT2D eigenvalue weighted by Crippen LogP contribution is 2.30. The van der Waals surface area contributed by atoms with Crippen LogP contribution in [0.4, 0.5) is 5.69 Å². The molecule has 1 aromatic heterocycles. The van der Waals surface area contributed by atoms with Crippen molar-refractivity contribution >= 4 is 23.5 Å². The maximum atomic E-state index is 12.5. The van der Waals surface area contributed by atoms with E-state index in [1.54, 1.807) is 29.0 Å². The van der Waals surface area contributed by atoms with Gasteiger partial charge in [-0.2, -0.15) is 5.10 Å². The number of nitrogens with one attached hydrogen (secondary N) is 1. The summed E-state index contributed by atoms with van der Waals surface area (Å²) in [7, 11) is 1.78. The third kappa shape index (κ3) is 3.27. The molecule has 1 aromatic rings. The lowest BCUT2D eigenvalue weighted by Gasteiger charge is -2.26. The van der Waals surface area contributed by atoms with E-state index in [1.807, 2.05) is 0 Å². The van der Waals surface area contributed by atoms with Crippen LogP contribution in [0.2, 0.25) is 0 Å². The first-order valence-corrected chi connectivity index (χ1v) is 8.29. The van der Waals surface area contributed by atoms with Crippen LogP contribution < -0.4 is 10.2 Å². The van der Waals surface area contributed by atoms with E-state index in [0.717, 1.165) is 12.1 Å². The highest BCUT2D eigenvalue weighted by atomic mass is 16.4. The third-order valence-corrected chi connectivity index (χ3v) is 4.92. The number of aliphatic carboxylic acids is 1. The van der Waals surface area contributed by atoms with E-state index in [-0.39, 0.29) is 17.7 Å². The zero-order chi connectivity index (χ0) is 17.3. The molecule has 8 nitrogen and oxygen atoms in total. The molecular weight excluding hydrogens is 312 g/mol. The molecular formula is C16H22N4O4. The highest BCUT2D eigenvalue weighted by Gasteiger charge is 2.37. The number of rotatable bonds is 4.